The van der Waals surface area contributed by atoms with E-state index in [2.05, 4.69) is 4.74 Å². The Morgan fingerprint density at radius 2 is 1.71 bits per heavy atom. The zero-order valence-corrected chi connectivity index (χ0v) is 21.7. The van der Waals surface area contributed by atoms with Crippen molar-refractivity contribution in [3.63, 3.8) is 0 Å². The molecule has 1 aliphatic rings. The minimum atomic E-state index is -4.90. The SMILES string of the molecule is CCOC(=O)C[C@H]1O[C@H](c2cccc3ccccc23)c2cc(OC(F)(F)F)ccc2N(CC(C)(C)C)C1=O. The molecule has 1 heterocycles. The number of carbonyl (C=O) groups excluding carboxylic acids is 2. The number of esters is 1. The van der Waals surface area contributed by atoms with E-state index in [0.29, 0.717) is 16.8 Å². The summed E-state index contributed by atoms with van der Waals surface area (Å²) in [7, 11) is 0. The largest absolute Gasteiger partial charge is 0.573 e. The van der Waals surface area contributed by atoms with Gasteiger partial charge < -0.3 is 19.1 Å². The van der Waals surface area contributed by atoms with Gasteiger partial charge >= 0.3 is 12.3 Å². The minimum Gasteiger partial charge on any atom is -0.466 e. The van der Waals surface area contributed by atoms with Crippen molar-refractivity contribution in [2.75, 3.05) is 18.1 Å². The third-order valence-electron chi connectivity index (χ3n) is 6.04. The zero-order valence-electron chi connectivity index (χ0n) is 21.7. The minimum absolute atomic E-state index is 0.135. The molecule has 0 aliphatic carbocycles. The molecule has 3 aromatic rings. The van der Waals surface area contributed by atoms with Crippen LogP contribution in [0.25, 0.3) is 10.8 Å². The Morgan fingerprint density at radius 3 is 2.39 bits per heavy atom. The first kappa shape index (κ1) is 27.4. The second-order valence-electron chi connectivity index (χ2n) is 10.3. The van der Waals surface area contributed by atoms with Crippen LogP contribution in [0.4, 0.5) is 18.9 Å². The average Bonchev–Trinajstić information content (AvgIpc) is 2.92. The summed E-state index contributed by atoms with van der Waals surface area (Å²) >= 11 is 0. The lowest BCUT2D eigenvalue weighted by Crippen LogP contribution is -2.44. The fraction of sp³-hybridized carbons (Fsp3) is 0.379. The van der Waals surface area contributed by atoms with E-state index in [1.807, 2.05) is 57.2 Å². The van der Waals surface area contributed by atoms with Gasteiger partial charge in [-0.15, -0.1) is 13.2 Å². The van der Waals surface area contributed by atoms with Gasteiger partial charge in [-0.2, -0.15) is 0 Å². The molecule has 0 radical (unpaired) electrons. The van der Waals surface area contributed by atoms with Gasteiger partial charge in [0.05, 0.1) is 18.7 Å². The van der Waals surface area contributed by atoms with E-state index in [0.717, 1.165) is 10.8 Å². The van der Waals surface area contributed by atoms with Crippen LogP contribution in [0, 0.1) is 5.41 Å². The summed E-state index contributed by atoms with van der Waals surface area (Å²) < 4.78 is 55.1. The number of ether oxygens (including phenoxy) is 3. The van der Waals surface area contributed by atoms with Gasteiger partial charge in [0.1, 0.15) is 18.0 Å². The van der Waals surface area contributed by atoms with Gasteiger partial charge in [0, 0.05) is 12.1 Å². The molecule has 0 N–H and O–H groups in total. The van der Waals surface area contributed by atoms with E-state index in [1.165, 1.54) is 23.1 Å². The smallest absolute Gasteiger partial charge is 0.466 e. The van der Waals surface area contributed by atoms with Gasteiger partial charge in [0.2, 0.25) is 0 Å². The summed E-state index contributed by atoms with van der Waals surface area (Å²) in [5.74, 6) is -1.51. The number of alkyl halides is 3. The van der Waals surface area contributed by atoms with Crippen molar-refractivity contribution in [2.24, 2.45) is 5.41 Å². The number of anilines is 1. The van der Waals surface area contributed by atoms with E-state index in [1.54, 1.807) is 13.0 Å². The summed E-state index contributed by atoms with van der Waals surface area (Å²) in [4.78, 5) is 27.8. The summed E-state index contributed by atoms with van der Waals surface area (Å²) in [5, 5.41) is 1.70. The van der Waals surface area contributed by atoms with Crippen LogP contribution in [0.3, 0.4) is 0 Å². The Hall–Kier alpha value is -3.59. The number of hydrogen-bond acceptors (Lipinski definition) is 5. The molecule has 202 valence electrons. The molecule has 2 atom stereocenters. The summed E-state index contributed by atoms with van der Waals surface area (Å²) in [6, 6.07) is 16.9. The van der Waals surface area contributed by atoms with Gasteiger partial charge in [-0.05, 0) is 46.9 Å². The molecule has 0 aromatic heterocycles. The fourth-order valence-corrected chi connectivity index (χ4v) is 4.64. The molecule has 3 aromatic carbocycles. The number of amides is 1. The quantitative estimate of drug-likeness (QED) is 0.339. The molecule has 0 fully saturated rings. The molecule has 9 heteroatoms. The van der Waals surface area contributed by atoms with Crippen molar-refractivity contribution in [3.8, 4) is 5.75 Å². The van der Waals surface area contributed by atoms with Crippen LogP contribution in [-0.2, 0) is 19.1 Å². The maximum Gasteiger partial charge on any atom is 0.573 e. The van der Waals surface area contributed by atoms with Crippen LogP contribution in [0.5, 0.6) is 5.75 Å². The second-order valence-corrected chi connectivity index (χ2v) is 10.3. The van der Waals surface area contributed by atoms with Crippen LogP contribution in [0.2, 0.25) is 0 Å². The van der Waals surface area contributed by atoms with E-state index < -0.39 is 36.2 Å². The van der Waals surface area contributed by atoms with E-state index in [4.69, 9.17) is 9.47 Å². The average molecular weight is 530 g/mol. The van der Waals surface area contributed by atoms with Crippen molar-refractivity contribution in [2.45, 2.75) is 52.7 Å². The highest BCUT2D eigenvalue weighted by Crippen LogP contribution is 2.43. The molecule has 0 saturated heterocycles. The maximum atomic E-state index is 13.9. The molecule has 1 aliphatic heterocycles. The topological polar surface area (TPSA) is 65.1 Å². The van der Waals surface area contributed by atoms with E-state index in [9.17, 15) is 22.8 Å². The van der Waals surface area contributed by atoms with Crippen LogP contribution in [-0.4, -0.2) is 37.5 Å². The third kappa shape index (κ3) is 6.27. The number of benzene rings is 3. The van der Waals surface area contributed by atoms with Crippen LogP contribution in [0.15, 0.2) is 60.7 Å². The normalized spacial score (nSPS) is 18.2. The van der Waals surface area contributed by atoms with Gasteiger partial charge in [0.25, 0.3) is 5.91 Å². The third-order valence-corrected chi connectivity index (χ3v) is 6.04. The van der Waals surface area contributed by atoms with Crippen LogP contribution in [0.1, 0.15) is 51.3 Å². The standard InChI is InChI=1S/C29H30F3NO5/c1-5-36-25(34)16-24-27(35)33(17-28(2,3)4)23-14-13-19(38-29(30,31)32)15-22(23)26(37-24)21-12-8-10-18-9-6-7-11-20(18)21/h6-15,24,26H,5,16-17H2,1-4H3/t24-,26-/m1/s1. The molecule has 0 spiro atoms. The lowest BCUT2D eigenvalue weighted by atomic mass is 9.92. The van der Waals surface area contributed by atoms with Crippen molar-refractivity contribution in [1.29, 1.82) is 0 Å². The van der Waals surface area contributed by atoms with Gasteiger partial charge in [0.15, 0.2) is 0 Å². The molecule has 4 rings (SSSR count). The highest BCUT2D eigenvalue weighted by Gasteiger charge is 2.40. The number of halogens is 3. The molecule has 38 heavy (non-hydrogen) atoms. The van der Waals surface area contributed by atoms with Gasteiger partial charge in [-0.1, -0.05) is 63.2 Å². The molecule has 0 saturated carbocycles. The summed E-state index contributed by atoms with van der Waals surface area (Å²) in [5.41, 5.74) is 0.991. The first-order chi connectivity index (χ1) is 17.9. The van der Waals surface area contributed by atoms with Crippen molar-refractivity contribution in [1.82, 2.24) is 0 Å². The monoisotopic (exact) mass is 529 g/mol. The van der Waals surface area contributed by atoms with Crippen molar-refractivity contribution in [3.05, 3.63) is 71.8 Å². The predicted molar refractivity (Wildman–Crippen MR) is 137 cm³/mol. The molecular formula is C29H30F3NO5. The first-order valence-corrected chi connectivity index (χ1v) is 12.4. The lowest BCUT2D eigenvalue weighted by Gasteiger charge is -2.31. The van der Waals surface area contributed by atoms with Gasteiger partial charge in [-0.25, -0.2) is 0 Å². The molecule has 0 bridgehead atoms. The van der Waals surface area contributed by atoms with Crippen molar-refractivity contribution < 1.29 is 37.0 Å². The van der Waals surface area contributed by atoms with Gasteiger partial charge in [-0.3, -0.25) is 9.59 Å². The number of rotatable bonds is 6. The predicted octanol–water partition coefficient (Wildman–Crippen LogP) is 6.56. The van der Waals surface area contributed by atoms with Crippen LogP contribution >= 0.6 is 0 Å². The maximum absolute atomic E-state index is 13.9. The number of fused-ring (bicyclic) bond motifs is 2. The highest BCUT2D eigenvalue weighted by atomic mass is 19.4. The number of nitrogens with zero attached hydrogens (tertiary/aromatic N) is 1. The number of hydrogen-bond donors (Lipinski definition) is 0. The fourth-order valence-electron chi connectivity index (χ4n) is 4.64. The first-order valence-electron chi connectivity index (χ1n) is 12.4. The zero-order chi connectivity index (χ0) is 27.7. The summed E-state index contributed by atoms with van der Waals surface area (Å²) in [6.07, 6.45) is -7.43. The lowest BCUT2D eigenvalue weighted by molar-refractivity contribution is -0.274. The highest BCUT2D eigenvalue weighted by molar-refractivity contribution is 6.00. The Morgan fingerprint density at radius 1 is 1.00 bits per heavy atom. The Balaban J connectivity index is 1.94. The Kier molecular flexibility index (Phi) is 7.69. The molecule has 0 unspecified atom stereocenters. The second kappa shape index (κ2) is 10.6. The van der Waals surface area contributed by atoms with E-state index in [-0.39, 0.29) is 25.0 Å². The van der Waals surface area contributed by atoms with E-state index >= 15 is 0 Å². The number of carbonyl (C=O) groups is 2. The summed E-state index contributed by atoms with van der Waals surface area (Å²) in [6.45, 7) is 7.86. The molecular weight excluding hydrogens is 499 g/mol. The Bertz CT molecular complexity index is 1330. The Labute approximate surface area is 219 Å². The van der Waals surface area contributed by atoms with Crippen molar-refractivity contribution >= 4 is 28.3 Å². The molecule has 6 nitrogen and oxygen atoms in total. The van der Waals surface area contributed by atoms with Crippen LogP contribution < -0.4 is 9.64 Å². The molecule has 1 amide bonds.